The highest BCUT2D eigenvalue weighted by Crippen LogP contribution is 2.36. The van der Waals surface area contributed by atoms with Crippen molar-refractivity contribution >= 4 is 17.5 Å². The molecule has 1 atom stereocenters. The van der Waals surface area contributed by atoms with Crippen LogP contribution in [-0.4, -0.2) is 47.0 Å². The van der Waals surface area contributed by atoms with Gasteiger partial charge in [-0.1, -0.05) is 23.7 Å². The lowest BCUT2D eigenvalue weighted by Crippen LogP contribution is -2.37. The minimum Gasteiger partial charge on any atom is -0.493 e. The van der Waals surface area contributed by atoms with Crippen LogP contribution in [0.25, 0.3) is 5.69 Å². The predicted molar refractivity (Wildman–Crippen MR) is 139 cm³/mol. The SMILES string of the molecule is COc1ccccc1Oc1c(CN(C[C@@H]2CCCO2)C(=O)c2ccco2)c(C)nn1-c1ccc(Cl)cc1. The summed E-state index contributed by atoms with van der Waals surface area (Å²) in [7, 11) is 1.59. The zero-order valence-electron chi connectivity index (χ0n) is 20.7. The average molecular weight is 522 g/mol. The number of carbonyl (C=O) groups is 1. The second-order valence-electron chi connectivity index (χ2n) is 8.81. The molecule has 1 fully saturated rings. The molecular weight excluding hydrogens is 494 g/mol. The number of rotatable bonds is 9. The van der Waals surface area contributed by atoms with Gasteiger partial charge in [-0.05, 0) is 68.3 Å². The first-order chi connectivity index (χ1) is 18.0. The van der Waals surface area contributed by atoms with Crippen molar-refractivity contribution in [2.75, 3.05) is 20.3 Å². The van der Waals surface area contributed by atoms with Crippen LogP contribution in [0.1, 0.15) is 34.7 Å². The molecule has 1 aliphatic heterocycles. The molecule has 4 aromatic rings. The molecule has 3 heterocycles. The van der Waals surface area contributed by atoms with Gasteiger partial charge in [-0.15, -0.1) is 0 Å². The predicted octanol–water partition coefficient (Wildman–Crippen LogP) is 6.05. The second-order valence-corrected chi connectivity index (χ2v) is 9.24. The van der Waals surface area contributed by atoms with Crippen molar-refractivity contribution < 1.29 is 23.4 Å². The first kappa shape index (κ1) is 24.9. The smallest absolute Gasteiger partial charge is 0.289 e. The number of aryl methyl sites for hydroxylation is 1. The molecule has 9 heteroatoms. The van der Waals surface area contributed by atoms with Gasteiger partial charge in [0.05, 0.1) is 43.0 Å². The Hall–Kier alpha value is -3.75. The van der Waals surface area contributed by atoms with Crippen LogP contribution in [0.3, 0.4) is 0 Å². The van der Waals surface area contributed by atoms with Crippen molar-refractivity contribution in [3.63, 3.8) is 0 Å². The maximum Gasteiger partial charge on any atom is 0.289 e. The molecule has 5 rings (SSSR count). The first-order valence-corrected chi connectivity index (χ1v) is 12.5. The van der Waals surface area contributed by atoms with Crippen LogP contribution in [0.4, 0.5) is 0 Å². The van der Waals surface area contributed by atoms with Gasteiger partial charge in [0, 0.05) is 18.2 Å². The fraction of sp³-hybridized carbons (Fsp3) is 0.286. The molecule has 1 amide bonds. The van der Waals surface area contributed by atoms with E-state index in [1.807, 2.05) is 43.3 Å². The summed E-state index contributed by atoms with van der Waals surface area (Å²) in [5.41, 5.74) is 2.26. The highest BCUT2D eigenvalue weighted by molar-refractivity contribution is 6.30. The summed E-state index contributed by atoms with van der Waals surface area (Å²) in [6.45, 7) is 3.28. The van der Waals surface area contributed by atoms with Crippen LogP contribution in [0.5, 0.6) is 17.4 Å². The lowest BCUT2D eigenvalue weighted by molar-refractivity contribution is 0.0482. The van der Waals surface area contributed by atoms with Crippen LogP contribution >= 0.6 is 11.6 Å². The quantitative estimate of drug-likeness (QED) is 0.267. The van der Waals surface area contributed by atoms with Crippen LogP contribution in [0, 0.1) is 6.92 Å². The van der Waals surface area contributed by atoms with E-state index in [1.54, 1.807) is 41.0 Å². The number of hydrogen-bond donors (Lipinski definition) is 0. The van der Waals surface area contributed by atoms with E-state index in [1.165, 1.54) is 6.26 Å². The van der Waals surface area contributed by atoms with Crippen molar-refractivity contribution in [1.29, 1.82) is 0 Å². The Morgan fingerprint density at radius 2 is 1.92 bits per heavy atom. The summed E-state index contributed by atoms with van der Waals surface area (Å²) in [5, 5.41) is 5.40. The third-order valence-corrected chi connectivity index (χ3v) is 6.55. The molecule has 0 bridgehead atoms. The molecule has 1 aliphatic rings. The minimum atomic E-state index is -0.220. The van der Waals surface area contributed by atoms with E-state index in [0.717, 1.165) is 29.8 Å². The standard InChI is InChI=1S/C28H28ClN3O5/c1-19-23(18-31(17-22-7-5-15-35-22)27(33)26-10-6-16-36-26)28(37-25-9-4-3-8-24(25)34-2)32(30-19)21-13-11-20(29)12-14-21/h3-4,6,8-14,16,22H,5,7,15,17-18H2,1-2H3/t22-/m0/s1. The van der Waals surface area contributed by atoms with Gasteiger partial charge in [0.1, 0.15) is 0 Å². The summed E-state index contributed by atoms with van der Waals surface area (Å²) in [4.78, 5) is 15.2. The topological polar surface area (TPSA) is 79.0 Å². The fourth-order valence-corrected chi connectivity index (χ4v) is 4.52. The molecule has 2 aromatic heterocycles. The summed E-state index contributed by atoms with van der Waals surface area (Å²) in [5.74, 6) is 1.64. The molecular formula is C28H28ClN3O5. The van der Waals surface area contributed by atoms with Crippen LogP contribution in [0.15, 0.2) is 71.3 Å². The van der Waals surface area contributed by atoms with E-state index < -0.39 is 0 Å². The van der Waals surface area contributed by atoms with Gasteiger partial charge >= 0.3 is 0 Å². The largest absolute Gasteiger partial charge is 0.493 e. The van der Waals surface area contributed by atoms with Gasteiger partial charge in [0.25, 0.3) is 5.91 Å². The zero-order valence-corrected chi connectivity index (χ0v) is 21.5. The number of furan rings is 1. The number of hydrogen-bond acceptors (Lipinski definition) is 6. The number of ether oxygens (including phenoxy) is 3. The molecule has 37 heavy (non-hydrogen) atoms. The molecule has 1 saturated heterocycles. The Kier molecular flexibility index (Phi) is 7.48. The van der Waals surface area contributed by atoms with E-state index in [4.69, 9.17) is 35.3 Å². The third-order valence-electron chi connectivity index (χ3n) is 6.30. The number of amides is 1. The monoisotopic (exact) mass is 521 g/mol. The number of carbonyl (C=O) groups excluding carboxylic acids is 1. The third kappa shape index (κ3) is 5.50. The summed E-state index contributed by atoms with van der Waals surface area (Å²) >= 11 is 6.14. The number of halogens is 1. The van der Waals surface area contributed by atoms with Gasteiger partial charge in [0.15, 0.2) is 17.3 Å². The molecule has 8 nitrogen and oxygen atoms in total. The Balaban J connectivity index is 1.56. The van der Waals surface area contributed by atoms with Crippen molar-refractivity contribution in [3.8, 4) is 23.1 Å². The number of aromatic nitrogens is 2. The molecule has 192 valence electrons. The van der Waals surface area contributed by atoms with E-state index in [0.29, 0.717) is 35.6 Å². The summed E-state index contributed by atoms with van der Waals surface area (Å²) < 4.78 is 25.0. The highest BCUT2D eigenvalue weighted by Gasteiger charge is 2.29. The molecule has 0 spiro atoms. The van der Waals surface area contributed by atoms with Crippen molar-refractivity contribution in [3.05, 3.63) is 89.0 Å². The van der Waals surface area contributed by atoms with Gasteiger partial charge in [-0.25, -0.2) is 4.68 Å². The van der Waals surface area contributed by atoms with Crippen LogP contribution < -0.4 is 9.47 Å². The Labute approximate surface area is 220 Å². The highest BCUT2D eigenvalue weighted by atomic mass is 35.5. The molecule has 0 N–H and O–H groups in total. The molecule has 0 aliphatic carbocycles. The van der Waals surface area contributed by atoms with Crippen molar-refractivity contribution in [1.82, 2.24) is 14.7 Å². The van der Waals surface area contributed by atoms with Crippen molar-refractivity contribution in [2.45, 2.75) is 32.4 Å². The number of methoxy groups -OCH3 is 1. The van der Waals surface area contributed by atoms with Crippen LogP contribution in [0.2, 0.25) is 5.02 Å². The minimum absolute atomic E-state index is 0.0379. The van der Waals surface area contributed by atoms with Gasteiger partial charge in [0.2, 0.25) is 5.88 Å². The van der Waals surface area contributed by atoms with Crippen LogP contribution in [-0.2, 0) is 11.3 Å². The maximum atomic E-state index is 13.5. The number of para-hydroxylation sites is 2. The summed E-state index contributed by atoms with van der Waals surface area (Å²) in [6, 6.07) is 18.1. The first-order valence-electron chi connectivity index (χ1n) is 12.1. The van der Waals surface area contributed by atoms with E-state index >= 15 is 0 Å². The zero-order chi connectivity index (χ0) is 25.8. The second kappa shape index (κ2) is 11.1. The molecule has 2 aromatic carbocycles. The van der Waals surface area contributed by atoms with Gasteiger partial charge in [-0.2, -0.15) is 5.10 Å². The molecule has 0 saturated carbocycles. The average Bonchev–Trinajstić information content (AvgIpc) is 3.68. The Bertz CT molecular complexity index is 1340. The molecule has 0 unspecified atom stereocenters. The number of benzene rings is 2. The lowest BCUT2D eigenvalue weighted by Gasteiger charge is -2.25. The van der Waals surface area contributed by atoms with E-state index in [-0.39, 0.29) is 24.3 Å². The lowest BCUT2D eigenvalue weighted by atomic mass is 10.1. The Morgan fingerprint density at radius 1 is 1.14 bits per heavy atom. The van der Waals surface area contributed by atoms with E-state index in [2.05, 4.69) is 0 Å². The van der Waals surface area contributed by atoms with Crippen molar-refractivity contribution in [2.24, 2.45) is 0 Å². The maximum absolute atomic E-state index is 13.5. The van der Waals surface area contributed by atoms with E-state index in [9.17, 15) is 4.79 Å². The number of nitrogens with zero attached hydrogens (tertiary/aromatic N) is 3. The summed E-state index contributed by atoms with van der Waals surface area (Å²) in [6.07, 6.45) is 3.33. The van der Waals surface area contributed by atoms with Gasteiger partial charge < -0.3 is 23.5 Å². The normalized spacial score (nSPS) is 15.1. The Morgan fingerprint density at radius 3 is 2.59 bits per heavy atom. The van der Waals surface area contributed by atoms with Gasteiger partial charge in [-0.3, -0.25) is 4.79 Å². The fourth-order valence-electron chi connectivity index (χ4n) is 4.39. The molecule has 0 radical (unpaired) electrons.